The summed E-state index contributed by atoms with van der Waals surface area (Å²) in [6.07, 6.45) is 2.30. The van der Waals surface area contributed by atoms with Crippen LogP contribution in [0.15, 0.2) is 12.3 Å². The van der Waals surface area contributed by atoms with Gasteiger partial charge in [0.2, 0.25) is 0 Å². The number of halogens is 3. The second-order valence-electron chi connectivity index (χ2n) is 4.07. The van der Waals surface area contributed by atoms with E-state index in [1.807, 2.05) is 0 Å². The summed E-state index contributed by atoms with van der Waals surface area (Å²) in [7, 11) is -3.49. The maximum atomic E-state index is 6.13. The molecule has 92 valence electrons. The van der Waals surface area contributed by atoms with Gasteiger partial charge in [-0.1, -0.05) is 0 Å². The molecule has 1 aromatic rings. The van der Waals surface area contributed by atoms with Crippen LogP contribution in [0.2, 0.25) is 0 Å². The molecule has 1 aliphatic heterocycles. The molecule has 6 heteroatoms. The third kappa shape index (κ3) is 2.26. The standard InChI is InChI=1S/C10H15Br3NOTe/c1-4-14-6-7(2)5-9-10(14)8(3)15-16(9,11,12)13/h5-6,8,16H,4H2,1-3H3/q+1. The number of nitrogens with zero attached hydrogens (tertiary/aromatic N) is 1. The van der Waals surface area contributed by atoms with Crippen LogP contribution in [0.3, 0.4) is 0 Å². The van der Waals surface area contributed by atoms with Crippen LogP contribution in [-0.4, -0.2) is 10.6 Å². The van der Waals surface area contributed by atoms with Gasteiger partial charge in [0.1, 0.15) is 0 Å². The van der Waals surface area contributed by atoms with Crippen molar-refractivity contribution < 1.29 is 7.67 Å². The molecule has 2 nitrogen and oxygen atoms in total. The zero-order valence-electron chi connectivity index (χ0n) is 9.38. The van der Waals surface area contributed by atoms with E-state index in [1.54, 1.807) is 0 Å². The van der Waals surface area contributed by atoms with E-state index in [4.69, 9.17) is 3.10 Å². The minimum absolute atomic E-state index is 0.121. The average molecular weight is 533 g/mol. The third-order valence-electron chi connectivity index (χ3n) is 2.72. The van der Waals surface area contributed by atoms with E-state index >= 15 is 0 Å². The second kappa shape index (κ2) is 4.18. The van der Waals surface area contributed by atoms with Crippen molar-refractivity contribution in [3.63, 3.8) is 0 Å². The van der Waals surface area contributed by atoms with Gasteiger partial charge in [0, 0.05) is 0 Å². The van der Waals surface area contributed by atoms with Crippen molar-refractivity contribution in [2.45, 2.75) is 33.4 Å². The molecule has 0 saturated heterocycles. The summed E-state index contributed by atoms with van der Waals surface area (Å²) in [6.45, 7) is 7.34. The van der Waals surface area contributed by atoms with E-state index in [1.165, 1.54) is 14.9 Å². The molecule has 1 aliphatic rings. The molecule has 0 spiro atoms. The fourth-order valence-corrected chi connectivity index (χ4v) is 18.0. The zero-order chi connectivity index (χ0) is 12.2. The van der Waals surface area contributed by atoms with Crippen molar-refractivity contribution in [1.29, 1.82) is 0 Å². The number of fused-ring (bicyclic) bond motifs is 1. The van der Waals surface area contributed by atoms with Gasteiger partial charge in [-0.05, 0) is 0 Å². The summed E-state index contributed by atoms with van der Waals surface area (Å²) in [4.78, 5) is 0. The quantitative estimate of drug-likeness (QED) is 0.401. The first kappa shape index (κ1) is 13.8. The number of rotatable bonds is 1. The number of hydrogen-bond acceptors (Lipinski definition) is 1. The fraction of sp³-hybridized carbons (Fsp3) is 0.500. The number of pyridine rings is 1. The molecule has 0 aromatic carbocycles. The van der Waals surface area contributed by atoms with E-state index in [2.05, 4.69) is 75.9 Å². The molecule has 1 aromatic heterocycles. The first-order valence-electron chi connectivity index (χ1n) is 5.14. The molecular weight excluding hydrogens is 517 g/mol. The van der Waals surface area contributed by atoms with Crippen molar-refractivity contribution in [3.05, 3.63) is 23.5 Å². The van der Waals surface area contributed by atoms with Gasteiger partial charge in [0.05, 0.1) is 0 Å². The molecular formula is C10H15Br3NOTe+. The van der Waals surface area contributed by atoms with E-state index in [0.717, 1.165) is 6.54 Å². The summed E-state index contributed by atoms with van der Waals surface area (Å²) in [6, 6.07) is 2.21. The first-order chi connectivity index (χ1) is 7.23. The van der Waals surface area contributed by atoms with Crippen LogP contribution in [0, 0.1) is 6.92 Å². The number of aryl methyl sites for hydroxylation is 2. The molecule has 0 fully saturated rings. The molecule has 0 aliphatic carbocycles. The molecule has 16 heavy (non-hydrogen) atoms. The van der Waals surface area contributed by atoms with Crippen LogP contribution < -0.4 is 8.18 Å². The van der Waals surface area contributed by atoms with Crippen LogP contribution in [0.1, 0.15) is 31.2 Å². The van der Waals surface area contributed by atoms with Gasteiger partial charge in [-0.15, -0.1) is 0 Å². The normalized spacial score (nSPS) is 28.1. The van der Waals surface area contributed by atoms with Crippen LogP contribution >= 0.6 is 38.3 Å². The molecule has 0 N–H and O–H groups in total. The maximum absolute atomic E-state index is 6.13. The van der Waals surface area contributed by atoms with Gasteiger partial charge in [0.25, 0.3) is 0 Å². The Labute approximate surface area is 116 Å². The Hall–Kier alpha value is 1.34. The topological polar surface area (TPSA) is 13.1 Å². The molecule has 2 rings (SSSR count). The van der Waals surface area contributed by atoms with Crippen LogP contribution in [0.25, 0.3) is 0 Å². The monoisotopic (exact) mass is 532 g/mol. The van der Waals surface area contributed by atoms with Gasteiger partial charge in [-0.3, -0.25) is 0 Å². The second-order valence-corrected chi connectivity index (χ2v) is 56.7. The number of hydrogen-bond donors (Lipinski definition) is 0. The molecule has 0 saturated carbocycles. The Morgan fingerprint density at radius 3 is 2.62 bits per heavy atom. The Morgan fingerprint density at radius 1 is 1.44 bits per heavy atom. The average Bonchev–Trinajstić information content (AvgIpc) is 2.32. The van der Waals surface area contributed by atoms with Crippen molar-refractivity contribution in [1.82, 2.24) is 0 Å². The van der Waals surface area contributed by atoms with Crippen molar-refractivity contribution in [3.8, 4) is 0 Å². The summed E-state index contributed by atoms with van der Waals surface area (Å²) in [5, 5.41) is 0. The predicted octanol–water partition coefficient (Wildman–Crippen LogP) is 2.91. The van der Waals surface area contributed by atoms with Gasteiger partial charge < -0.3 is 0 Å². The summed E-state index contributed by atoms with van der Waals surface area (Å²) < 4.78 is 9.69. The summed E-state index contributed by atoms with van der Waals surface area (Å²) in [5.74, 6) is 0. The SMILES string of the molecule is CC[n+]1cc(C)cc2c1C(C)O[TeH]2(Br)(Br)Br. The molecule has 2 heterocycles. The van der Waals surface area contributed by atoms with Gasteiger partial charge >= 0.3 is 117 Å². The third-order valence-corrected chi connectivity index (χ3v) is 18.8. The van der Waals surface area contributed by atoms with Crippen molar-refractivity contribution in [2.75, 3.05) is 0 Å². The van der Waals surface area contributed by atoms with Crippen LogP contribution in [-0.2, 0) is 9.65 Å². The molecule has 0 radical (unpaired) electrons. The Kier molecular flexibility index (Phi) is 3.59. The van der Waals surface area contributed by atoms with Gasteiger partial charge in [0.15, 0.2) is 0 Å². The van der Waals surface area contributed by atoms with E-state index in [0.29, 0.717) is 0 Å². The zero-order valence-corrected chi connectivity index (χ0v) is 16.7. The fourth-order valence-electron chi connectivity index (χ4n) is 2.13. The van der Waals surface area contributed by atoms with Crippen LogP contribution in [0.5, 0.6) is 0 Å². The summed E-state index contributed by atoms with van der Waals surface area (Å²) >= 11 is 11.3. The Morgan fingerprint density at radius 2 is 2.06 bits per heavy atom. The van der Waals surface area contributed by atoms with E-state index in [-0.39, 0.29) is 6.10 Å². The van der Waals surface area contributed by atoms with Crippen LogP contribution in [0.4, 0.5) is 0 Å². The van der Waals surface area contributed by atoms with Crippen molar-refractivity contribution >= 4 is 52.5 Å². The van der Waals surface area contributed by atoms with Crippen molar-refractivity contribution in [2.24, 2.45) is 0 Å². The minimum atomic E-state index is -3.49. The summed E-state index contributed by atoms with van der Waals surface area (Å²) in [5.41, 5.74) is 2.54. The van der Waals surface area contributed by atoms with Gasteiger partial charge in [-0.2, -0.15) is 0 Å². The van der Waals surface area contributed by atoms with E-state index in [9.17, 15) is 0 Å². The molecule has 0 amide bonds. The molecule has 1 atom stereocenters. The Balaban J connectivity index is 2.76. The van der Waals surface area contributed by atoms with Gasteiger partial charge in [-0.25, -0.2) is 0 Å². The molecule has 0 bridgehead atoms. The predicted molar refractivity (Wildman–Crippen MR) is 80.1 cm³/mol. The van der Waals surface area contributed by atoms with E-state index < -0.39 is 10.6 Å². The Bertz CT molecular complexity index is 455. The number of aromatic nitrogens is 1. The first-order valence-corrected chi connectivity index (χ1v) is 24.6. The molecule has 1 unspecified atom stereocenters.